The van der Waals surface area contributed by atoms with Crippen molar-refractivity contribution in [3.05, 3.63) is 112 Å². The molecule has 3 rings (SSSR count). The van der Waals surface area contributed by atoms with E-state index in [9.17, 15) is 4.91 Å². The molecular formula is C27H30BrFN2O3. The van der Waals surface area contributed by atoms with Crippen LogP contribution in [0, 0.1) is 22.7 Å². The monoisotopic (exact) mass is 528 g/mol. The summed E-state index contributed by atoms with van der Waals surface area (Å²) in [5.41, 5.74) is 8.05. The van der Waals surface area contributed by atoms with Gasteiger partial charge in [0.25, 0.3) is 0 Å². The van der Waals surface area contributed by atoms with Crippen LogP contribution in [0.25, 0.3) is 0 Å². The molecule has 0 spiro atoms. The molecule has 180 valence electrons. The Hall–Kier alpha value is -2.77. The third-order valence-corrected chi connectivity index (χ3v) is 6.97. The van der Waals surface area contributed by atoms with E-state index in [0.29, 0.717) is 13.0 Å². The number of hydrogen-bond acceptors (Lipinski definition) is 5. The summed E-state index contributed by atoms with van der Waals surface area (Å²) in [5.74, 6) is -0.526. The van der Waals surface area contributed by atoms with Crippen molar-refractivity contribution in [1.82, 2.24) is 0 Å². The zero-order valence-corrected chi connectivity index (χ0v) is 20.7. The Labute approximate surface area is 208 Å². The van der Waals surface area contributed by atoms with Crippen molar-refractivity contribution in [3.8, 4) is 0 Å². The predicted octanol–water partition coefficient (Wildman–Crippen LogP) is 6.96. The zero-order chi connectivity index (χ0) is 24.5. The fourth-order valence-corrected chi connectivity index (χ4v) is 4.82. The molecule has 0 aromatic heterocycles. The third kappa shape index (κ3) is 6.87. The molecule has 1 aromatic rings. The largest absolute Gasteiger partial charge is 0.486 e. The van der Waals surface area contributed by atoms with Crippen LogP contribution in [0.3, 0.4) is 0 Å². The summed E-state index contributed by atoms with van der Waals surface area (Å²) in [4.78, 5) is 15.8. The van der Waals surface area contributed by atoms with Crippen molar-refractivity contribution in [1.29, 1.82) is 0 Å². The standard InChI is InChI=1S/C27H30BrFN2O3/c1-18(13-14-24(34-31-32)27(30)21-11-7-4-8-12-21)15-22-19(2)26(29)25(16-23(22)28)33-17-20-9-5-3-6-10-20/h3-11,13-14,16,19,21-22,24,27H,1,12,15,17,30H2,2H3/b14-13-. The van der Waals surface area contributed by atoms with E-state index in [1.807, 2.05) is 61.6 Å². The van der Waals surface area contributed by atoms with Gasteiger partial charge in [0.05, 0.1) is 6.04 Å². The molecule has 1 aromatic carbocycles. The fourth-order valence-electron chi connectivity index (χ4n) is 4.05. The van der Waals surface area contributed by atoms with Crippen molar-refractivity contribution in [3.63, 3.8) is 0 Å². The molecule has 0 saturated heterocycles. The summed E-state index contributed by atoms with van der Waals surface area (Å²) in [7, 11) is 0. The van der Waals surface area contributed by atoms with Crippen LogP contribution in [-0.4, -0.2) is 12.1 Å². The molecule has 0 heterocycles. The smallest absolute Gasteiger partial charge is 0.164 e. The van der Waals surface area contributed by atoms with Gasteiger partial charge in [-0.15, -0.1) is 4.91 Å². The first kappa shape index (κ1) is 25.8. The van der Waals surface area contributed by atoms with Gasteiger partial charge in [0, 0.05) is 16.3 Å². The number of ether oxygens (including phenoxy) is 1. The Bertz CT molecular complexity index is 1020. The lowest BCUT2D eigenvalue weighted by Gasteiger charge is -2.28. The molecule has 2 aliphatic rings. The van der Waals surface area contributed by atoms with Gasteiger partial charge in [-0.05, 0) is 36.5 Å². The van der Waals surface area contributed by atoms with Crippen LogP contribution in [-0.2, 0) is 16.2 Å². The SMILES string of the molecule is C=C(/C=C\C(ON=O)C(N)C1C=CC=CC1)CC1C(Br)=CC(OCc2ccccc2)=C(F)C1C. The summed E-state index contributed by atoms with van der Waals surface area (Å²) in [6, 6.07) is 9.21. The first-order valence-electron chi connectivity index (χ1n) is 11.3. The Balaban J connectivity index is 1.61. The molecule has 0 aliphatic heterocycles. The molecule has 0 amide bonds. The highest BCUT2D eigenvalue weighted by Crippen LogP contribution is 2.42. The topological polar surface area (TPSA) is 73.9 Å². The second-order valence-corrected chi connectivity index (χ2v) is 9.48. The van der Waals surface area contributed by atoms with Gasteiger partial charge in [0.15, 0.2) is 17.2 Å². The van der Waals surface area contributed by atoms with Gasteiger partial charge in [-0.2, -0.15) is 0 Å². The number of nitrogens with two attached hydrogens (primary N) is 1. The third-order valence-electron chi connectivity index (χ3n) is 6.16. The van der Waals surface area contributed by atoms with E-state index in [0.717, 1.165) is 22.0 Å². The van der Waals surface area contributed by atoms with E-state index in [2.05, 4.69) is 27.8 Å². The van der Waals surface area contributed by atoms with Gasteiger partial charge in [0.1, 0.15) is 12.4 Å². The first-order valence-corrected chi connectivity index (χ1v) is 12.1. The van der Waals surface area contributed by atoms with Crippen molar-refractivity contribution >= 4 is 15.9 Å². The Morgan fingerprint density at radius 3 is 2.79 bits per heavy atom. The number of nitrogens with zero attached hydrogens (tertiary/aromatic N) is 1. The maximum absolute atomic E-state index is 15.1. The van der Waals surface area contributed by atoms with Crippen LogP contribution in [0.2, 0.25) is 0 Å². The highest BCUT2D eigenvalue weighted by molar-refractivity contribution is 9.11. The maximum Gasteiger partial charge on any atom is 0.164 e. The van der Waals surface area contributed by atoms with Crippen LogP contribution in [0.15, 0.2) is 106 Å². The zero-order valence-electron chi connectivity index (χ0n) is 19.1. The second kappa shape index (κ2) is 12.6. The minimum Gasteiger partial charge on any atom is -0.486 e. The van der Waals surface area contributed by atoms with Gasteiger partial charge >= 0.3 is 0 Å². The van der Waals surface area contributed by atoms with E-state index in [4.69, 9.17) is 15.3 Å². The Kier molecular flexibility index (Phi) is 9.60. The lowest BCUT2D eigenvalue weighted by atomic mass is 9.83. The van der Waals surface area contributed by atoms with Gasteiger partial charge in [-0.25, -0.2) is 4.39 Å². The van der Waals surface area contributed by atoms with Crippen LogP contribution >= 0.6 is 15.9 Å². The normalized spacial score (nSPS) is 24.0. The molecule has 34 heavy (non-hydrogen) atoms. The minimum atomic E-state index is -0.687. The average Bonchev–Trinajstić information content (AvgIpc) is 2.86. The molecule has 5 atom stereocenters. The lowest BCUT2D eigenvalue weighted by molar-refractivity contribution is 0.0601. The minimum absolute atomic E-state index is 0.0404. The molecule has 0 radical (unpaired) electrons. The van der Waals surface area contributed by atoms with Crippen LogP contribution in [0.5, 0.6) is 0 Å². The molecule has 0 saturated carbocycles. The average molecular weight is 529 g/mol. The van der Waals surface area contributed by atoms with Crippen molar-refractivity contribution < 1.29 is 14.0 Å². The summed E-state index contributed by atoms with van der Waals surface area (Å²) in [6.07, 6.45) is 13.7. The summed E-state index contributed by atoms with van der Waals surface area (Å²) in [6.45, 7) is 6.24. The highest BCUT2D eigenvalue weighted by Gasteiger charge is 2.31. The highest BCUT2D eigenvalue weighted by atomic mass is 79.9. The summed E-state index contributed by atoms with van der Waals surface area (Å²) in [5, 5.41) is 2.59. The van der Waals surface area contributed by atoms with Crippen LogP contribution in [0.4, 0.5) is 4.39 Å². The quantitative estimate of drug-likeness (QED) is 0.191. The van der Waals surface area contributed by atoms with Crippen LogP contribution in [0.1, 0.15) is 25.3 Å². The summed E-state index contributed by atoms with van der Waals surface area (Å²) >= 11 is 3.60. The molecule has 2 N–H and O–H groups in total. The molecule has 5 nitrogen and oxygen atoms in total. The van der Waals surface area contributed by atoms with E-state index < -0.39 is 12.1 Å². The molecule has 2 aliphatic carbocycles. The maximum atomic E-state index is 15.1. The van der Waals surface area contributed by atoms with Gasteiger partial charge in [-0.1, -0.05) is 95.7 Å². The molecular weight excluding hydrogens is 499 g/mol. The van der Waals surface area contributed by atoms with Crippen LogP contribution < -0.4 is 5.73 Å². The van der Waals surface area contributed by atoms with Crippen molar-refractivity contribution in [2.75, 3.05) is 0 Å². The van der Waals surface area contributed by atoms with Gasteiger partial charge in [0.2, 0.25) is 0 Å². The first-order chi connectivity index (χ1) is 16.4. The van der Waals surface area contributed by atoms with E-state index in [1.54, 1.807) is 18.2 Å². The lowest BCUT2D eigenvalue weighted by Crippen LogP contribution is -2.40. The Morgan fingerprint density at radius 2 is 2.12 bits per heavy atom. The Morgan fingerprint density at radius 1 is 1.35 bits per heavy atom. The molecule has 5 unspecified atom stereocenters. The van der Waals surface area contributed by atoms with Crippen molar-refractivity contribution in [2.45, 2.75) is 38.5 Å². The van der Waals surface area contributed by atoms with E-state index in [-0.39, 0.29) is 29.3 Å². The van der Waals surface area contributed by atoms with Gasteiger partial charge in [-0.3, -0.25) is 0 Å². The van der Waals surface area contributed by atoms with Crippen molar-refractivity contribution in [2.24, 2.45) is 28.8 Å². The molecule has 0 fully saturated rings. The summed E-state index contributed by atoms with van der Waals surface area (Å²) < 4.78 is 21.7. The number of halogens is 2. The number of hydrogen-bond donors (Lipinski definition) is 1. The van der Waals surface area contributed by atoms with E-state index in [1.165, 1.54) is 0 Å². The fraction of sp³-hybridized carbons (Fsp3) is 0.333. The number of allylic oxidation sites excluding steroid dienone is 8. The number of rotatable bonds is 11. The second-order valence-electron chi connectivity index (χ2n) is 8.57. The van der Waals surface area contributed by atoms with Gasteiger partial charge < -0.3 is 15.3 Å². The molecule has 0 bridgehead atoms. The van der Waals surface area contributed by atoms with E-state index >= 15 is 4.39 Å². The predicted molar refractivity (Wildman–Crippen MR) is 137 cm³/mol. The molecule has 7 heteroatoms. The number of benzene rings is 1.